The number of methoxy groups -OCH3 is 1. The van der Waals surface area contributed by atoms with Crippen molar-refractivity contribution in [3.05, 3.63) is 87.9 Å². The van der Waals surface area contributed by atoms with Crippen LogP contribution in [0.1, 0.15) is 23.6 Å². The molecule has 37 heavy (non-hydrogen) atoms. The Hall–Kier alpha value is -4.30. The van der Waals surface area contributed by atoms with Gasteiger partial charge in [-0.05, 0) is 67.4 Å². The third-order valence-electron chi connectivity index (χ3n) is 5.54. The van der Waals surface area contributed by atoms with Gasteiger partial charge in [0.1, 0.15) is 17.9 Å². The van der Waals surface area contributed by atoms with Gasteiger partial charge >= 0.3 is 6.03 Å². The summed E-state index contributed by atoms with van der Waals surface area (Å²) in [7, 11) is 1.47. The van der Waals surface area contributed by atoms with Gasteiger partial charge in [-0.3, -0.25) is 14.9 Å². The molecule has 1 N–H and O–H groups in total. The number of urea groups is 1. The summed E-state index contributed by atoms with van der Waals surface area (Å²) in [6.07, 6.45) is 1.35. The molecule has 0 spiro atoms. The summed E-state index contributed by atoms with van der Waals surface area (Å²) in [5.41, 5.74) is 2.55. The van der Waals surface area contributed by atoms with E-state index in [2.05, 4.69) is 5.32 Å². The molecule has 0 saturated carbocycles. The number of hydrogen-bond donors (Lipinski definition) is 1. The molecule has 8 nitrogen and oxygen atoms in total. The van der Waals surface area contributed by atoms with Crippen LogP contribution in [0.4, 0.5) is 10.5 Å². The normalized spacial score (nSPS) is 14.5. The molecule has 0 radical (unpaired) electrons. The molecular formula is C28H25ClN2O6. The smallest absolute Gasteiger partial charge is 0.335 e. The van der Waals surface area contributed by atoms with Crippen LogP contribution < -0.4 is 24.4 Å². The Bertz CT molecular complexity index is 1380. The Kier molecular flexibility index (Phi) is 7.79. The molecule has 4 amide bonds. The number of carbonyl (C=O) groups excluding carboxylic acids is 3. The van der Waals surface area contributed by atoms with E-state index < -0.39 is 17.8 Å². The highest BCUT2D eigenvalue weighted by atomic mass is 35.5. The van der Waals surface area contributed by atoms with Crippen molar-refractivity contribution in [1.29, 1.82) is 0 Å². The number of nitrogens with one attached hydrogen (secondary N) is 1. The lowest BCUT2D eigenvalue weighted by atomic mass is 10.1. The maximum atomic E-state index is 13.2. The lowest BCUT2D eigenvalue weighted by molar-refractivity contribution is -0.122. The van der Waals surface area contributed by atoms with Crippen molar-refractivity contribution < 1.29 is 28.6 Å². The average Bonchev–Trinajstić information content (AvgIpc) is 2.86. The van der Waals surface area contributed by atoms with Crippen molar-refractivity contribution in [2.24, 2.45) is 0 Å². The van der Waals surface area contributed by atoms with Crippen molar-refractivity contribution >= 4 is 41.2 Å². The van der Waals surface area contributed by atoms with Crippen LogP contribution in [0.2, 0.25) is 5.02 Å². The summed E-state index contributed by atoms with van der Waals surface area (Å²) in [4.78, 5) is 39.2. The van der Waals surface area contributed by atoms with Gasteiger partial charge in [0.15, 0.2) is 11.5 Å². The zero-order chi connectivity index (χ0) is 26.5. The van der Waals surface area contributed by atoms with Gasteiger partial charge in [-0.1, -0.05) is 41.4 Å². The minimum atomic E-state index is -0.841. The van der Waals surface area contributed by atoms with Gasteiger partial charge in [-0.25, -0.2) is 9.69 Å². The predicted octanol–water partition coefficient (Wildman–Crippen LogP) is 5.30. The third kappa shape index (κ3) is 5.76. The number of carbonyl (C=O) groups is 3. The monoisotopic (exact) mass is 520 g/mol. The number of benzene rings is 3. The Balaban J connectivity index is 1.61. The molecule has 0 aliphatic carbocycles. The minimum absolute atomic E-state index is 0.236. The molecule has 190 valence electrons. The molecule has 3 aromatic rings. The molecule has 9 heteroatoms. The number of halogens is 1. The first-order chi connectivity index (χ1) is 17.8. The maximum absolute atomic E-state index is 13.2. The number of nitrogens with zero attached hydrogens (tertiary/aromatic N) is 1. The van der Waals surface area contributed by atoms with Crippen LogP contribution in [-0.4, -0.2) is 31.6 Å². The number of ether oxygens (including phenoxy) is 3. The van der Waals surface area contributed by atoms with Gasteiger partial charge in [0.25, 0.3) is 11.8 Å². The Morgan fingerprint density at radius 3 is 2.43 bits per heavy atom. The van der Waals surface area contributed by atoms with E-state index in [1.807, 2.05) is 38.1 Å². The van der Waals surface area contributed by atoms with Crippen molar-refractivity contribution in [2.45, 2.75) is 20.5 Å². The van der Waals surface area contributed by atoms with Crippen LogP contribution in [0.5, 0.6) is 17.2 Å². The van der Waals surface area contributed by atoms with Crippen LogP contribution in [0.15, 0.2) is 66.2 Å². The standard InChI is InChI=1S/C28H25ClN2O6/c1-4-36-21-10-8-20(9-11-21)31-27(33)22(26(32)30-28(31)34)13-19-14-23(29)25(24(15-19)35-3)37-16-18-7-5-6-17(2)12-18/h5-15H,4,16H2,1-3H3,(H,30,32,34)/b22-13+. The first-order valence-corrected chi connectivity index (χ1v) is 11.9. The van der Waals surface area contributed by atoms with Crippen molar-refractivity contribution in [2.75, 3.05) is 18.6 Å². The van der Waals surface area contributed by atoms with Crippen LogP contribution in [0.25, 0.3) is 6.08 Å². The second-order valence-electron chi connectivity index (χ2n) is 8.20. The number of amides is 4. The molecule has 3 aromatic carbocycles. The van der Waals surface area contributed by atoms with E-state index in [4.69, 9.17) is 25.8 Å². The van der Waals surface area contributed by atoms with Crippen molar-refractivity contribution in [3.63, 3.8) is 0 Å². The van der Waals surface area contributed by atoms with Gasteiger partial charge < -0.3 is 14.2 Å². The van der Waals surface area contributed by atoms with Gasteiger partial charge in [0, 0.05) is 0 Å². The molecule has 0 unspecified atom stereocenters. The first kappa shape index (κ1) is 25.8. The fourth-order valence-electron chi connectivity index (χ4n) is 3.84. The third-order valence-corrected chi connectivity index (χ3v) is 5.82. The maximum Gasteiger partial charge on any atom is 0.335 e. The molecule has 0 atom stereocenters. The summed E-state index contributed by atoms with van der Waals surface area (Å²) in [6.45, 7) is 4.60. The Labute approximate surface area is 219 Å². The zero-order valence-electron chi connectivity index (χ0n) is 20.5. The van der Waals surface area contributed by atoms with Gasteiger partial charge in [-0.2, -0.15) is 0 Å². The summed E-state index contributed by atoms with van der Waals surface area (Å²) in [5.74, 6) is -0.331. The molecule has 1 fully saturated rings. The van der Waals surface area contributed by atoms with Gasteiger partial charge in [0.05, 0.1) is 24.4 Å². The average molecular weight is 521 g/mol. The van der Waals surface area contributed by atoms with E-state index in [1.165, 1.54) is 13.2 Å². The predicted molar refractivity (Wildman–Crippen MR) is 140 cm³/mol. The number of hydrogen-bond acceptors (Lipinski definition) is 6. The summed E-state index contributed by atoms with van der Waals surface area (Å²) < 4.78 is 16.8. The fraction of sp³-hybridized carbons (Fsp3) is 0.179. The quantitative estimate of drug-likeness (QED) is 0.320. The van der Waals surface area contributed by atoms with Crippen molar-refractivity contribution in [1.82, 2.24) is 5.32 Å². The SMILES string of the molecule is CCOc1ccc(N2C(=O)NC(=O)/C(=C\c3cc(Cl)c(OCc4cccc(C)c4)c(OC)c3)C2=O)cc1. The van der Waals surface area contributed by atoms with Gasteiger partial charge in [0.2, 0.25) is 0 Å². The minimum Gasteiger partial charge on any atom is -0.494 e. The second-order valence-corrected chi connectivity index (χ2v) is 8.60. The highest BCUT2D eigenvalue weighted by Crippen LogP contribution is 2.38. The highest BCUT2D eigenvalue weighted by Gasteiger charge is 2.37. The second kappa shape index (κ2) is 11.2. The van der Waals surface area contributed by atoms with E-state index in [0.29, 0.717) is 35.1 Å². The Morgan fingerprint density at radius 1 is 1.00 bits per heavy atom. The lowest BCUT2D eigenvalue weighted by Gasteiger charge is -2.26. The van der Waals surface area contributed by atoms with Crippen LogP contribution in [0.3, 0.4) is 0 Å². The first-order valence-electron chi connectivity index (χ1n) is 11.5. The molecular weight excluding hydrogens is 496 g/mol. The van der Waals surface area contributed by atoms with E-state index in [0.717, 1.165) is 16.0 Å². The molecule has 1 aliphatic rings. The molecule has 0 bridgehead atoms. The van der Waals surface area contributed by atoms with Crippen LogP contribution in [-0.2, 0) is 16.2 Å². The van der Waals surface area contributed by atoms with E-state index in [9.17, 15) is 14.4 Å². The number of imide groups is 2. The number of rotatable bonds is 8. The largest absolute Gasteiger partial charge is 0.494 e. The molecule has 1 heterocycles. The van der Waals surface area contributed by atoms with Crippen LogP contribution in [0, 0.1) is 6.92 Å². The topological polar surface area (TPSA) is 94.2 Å². The molecule has 4 rings (SSSR count). The number of barbiturate groups is 1. The highest BCUT2D eigenvalue weighted by molar-refractivity contribution is 6.39. The molecule has 1 saturated heterocycles. The summed E-state index contributed by atoms with van der Waals surface area (Å²) in [5, 5.41) is 2.44. The van der Waals surface area contributed by atoms with E-state index >= 15 is 0 Å². The number of anilines is 1. The lowest BCUT2D eigenvalue weighted by Crippen LogP contribution is -2.54. The number of aryl methyl sites for hydroxylation is 1. The summed E-state index contributed by atoms with van der Waals surface area (Å²) >= 11 is 6.49. The summed E-state index contributed by atoms with van der Waals surface area (Å²) in [6, 6.07) is 16.6. The fourth-order valence-corrected chi connectivity index (χ4v) is 4.11. The van der Waals surface area contributed by atoms with Crippen molar-refractivity contribution in [3.8, 4) is 17.2 Å². The van der Waals surface area contributed by atoms with E-state index in [-0.39, 0.29) is 17.2 Å². The molecule has 1 aliphatic heterocycles. The Morgan fingerprint density at radius 2 is 1.76 bits per heavy atom. The zero-order valence-corrected chi connectivity index (χ0v) is 21.3. The van der Waals surface area contributed by atoms with E-state index in [1.54, 1.807) is 36.4 Å². The molecule has 0 aromatic heterocycles. The van der Waals surface area contributed by atoms with Gasteiger partial charge in [-0.15, -0.1) is 0 Å². The van der Waals surface area contributed by atoms with Crippen LogP contribution >= 0.6 is 11.6 Å².